The van der Waals surface area contributed by atoms with Crippen molar-refractivity contribution in [3.05, 3.63) is 41.1 Å². The van der Waals surface area contributed by atoms with Gasteiger partial charge in [0.1, 0.15) is 0 Å². The molecule has 22 heavy (non-hydrogen) atoms. The van der Waals surface area contributed by atoms with Crippen molar-refractivity contribution in [2.24, 2.45) is 0 Å². The molecule has 8 heteroatoms. The van der Waals surface area contributed by atoms with Gasteiger partial charge in [0.15, 0.2) is 10.7 Å². The predicted molar refractivity (Wildman–Crippen MR) is 81.3 cm³/mol. The molecule has 118 valence electrons. The van der Waals surface area contributed by atoms with E-state index < -0.39 is 16.0 Å². The Hall–Kier alpha value is -2.35. The minimum atomic E-state index is -3.85. The molecule has 0 saturated heterocycles. The van der Waals surface area contributed by atoms with Gasteiger partial charge in [-0.05, 0) is 32.4 Å². The average Bonchev–Trinajstić information content (AvgIpc) is 2.93. The standard InChI is InChI=1S/C14H17N3O4S/c1-4-21-14(18)12-8-13(16-15-12)22(19,20)17-11-6-5-9(2)7-10(11)3/h5-8,17H,4H2,1-3H3,(H,15,16). The van der Waals surface area contributed by atoms with E-state index in [1.165, 1.54) is 0 Å². The highest BCUT2D eigenvalue weighted by Crippen LogP contribution is 2.20. The normalized spacial score (nSPS) is 11.2. The van der Waals surface area contributed by atoms with Crippen LogP contribution in [0.3, 0.4) is 0 Å². The molecule has 0 aliphatic carbocycles. The lowest BCUT2D eigenvalue weighted by Crippen LogP contribution is -2.14. The number of nitrogens with one attached hydrogen (secondary N) is 2. The van der Waals surface area contributed by atoms with Gasteiger partial charge in [-0.3, -0.25) is 9.82 Å². The van der Waals surface area contributed by atoms with Crippen LogP contribution in [0.25, 0.3) is 0 Å². The molecule has 0 unspecified atom stereocenters. The number of carbonyl (C=O) groups is 1. The number of sulfonamides is 1. The highest BCUT2D eigenvalue weighted by Gasteiger charge is 2.21. The van der Waals surface area contributed by atoms with Crippen LogP contribution in [-0.2, 0) is 14.8 Å². The Kier molecular flexibility index (Phi) is 4.51. The molecule has 7 nitrogen and oxygen atoms in total. The quantitative estimate of drug-likeness (QED) is 0.820. The van der Waals surface area contributed by atoms with E-state index >= 15 is 0 Å². The number of H-pyrrole nitrogens is 1. The summed E-state index contributed by atoms with van der Waals surface area (Å²) in [6.45, 7) is 5.58. The molecule has 0 amide bonds. The number of hydrogen-bond acceptors (Lipinski definition) is 5. The predicted octanol–water partition coefficient (Wildman–Crippen LogP) is 2.00. The van der Waals surface area contributed by atoms with E-state index in [2.05, 4.69) is 14.9 Å². The Morgan fingerprint density at radius 3 is 2.68 bits per heavy atom. The number of ether oxygens (including phenoxy) is 1. The second-order valence-electron chi connectivity index (χ2n) is 4.76. The van der Waals surface area contributed by atoms with Crippen molar-refractivity contribution in [1.82, 2.24) is 10.2 Å². The van der Waals surface area contributed by atoms with E-state index in [-0.39, 0.29) is 17.3 Å². The second-order valence-corrected chi connectivity index (χ2v) is 6.41. The molecular weight excluding hydrogens is 306 g/mol. The largest absolute Gasteiger partial charge is 0.461 e. The van der Waals surface area contributed by atoms with Crippen LogP contribution in [0.4, 0.5) is 5.69 Å². The first kappa shape index (κ1) is 16.0. The van der Waals surface area contributed by atoms with Gasteiger partial charge in [0.05, 0.1) is 12.3 Å². The lowest BCUT2D eigenvalue weighted by Gasteiger charge is -2.09. The topological polar surface area (TPSA) is 101 Å². The van der Waals surface area contributed by atoms with Crippen LogP contribution in [0.5, 0.6) is 0 Å². The monoisotopic (exact) mass is 323 g/mol. The van der Waals surface area contributed by atoms with Crippen molar-refractivity contribution in [3.8, 4) is 0 Å². The smallest absolute Gasteiger partial charge is 0.358 e. The van der Waals surface area contributed by atoms with Gasteiger partial charge in [0.2, 0.25) is 0 Å². The van der Waals surface area contributed by atoms with Gasteiger partial charge in [0, 0.05) is 6.07 Å². The number of carbonyl (C=O) groups excluding carboxylic acids is 1. The van der Waals surface area contributed by atoms with Crippen molar-refractivity contribution in [2.45, 2.75) is 25.8 Å². The zero-order chi connectivity index (χ0) is 16.3. The van der Waals surface area contributed by atoms with Crippen molar-refractivity contribution in [1.29, 1.82) is 0 Å². The molecule has 1 aromatic carbocycles. The number of esters is 1. The highest BCUT2D eigenvalue weighted by molar-refractivity contribution is 7.92. The molecule has 0 spiro atoms. The maximum Gasteiger partial charge on any atom is 0.358 e. The maximum atomic E-state index is 12.3. The molecule has 0 radical (unpaired) electrons. The summed E-state index contributed by atoms with van der Waals surface area (Å²) in [7, 11) is -3.85. The lowest BCUT2D eigenvalue weighted by atomic mass is 10.1. The number of hydrogen-bond donors (Lipinski definition) is 2. The number of nitrogens with zero attached hydrogens (tertiary/aromatic N) is 1. The van der Waals surface area contributed by atoms with E-state index in [4.69, 9.17) is 4.74 Å². The minimum Gasteiger partial charge on any atom is -0.461 e. The van der Waals surface area contributed by atoms with Crippen LogP contribution >= 0.6 is 0 Å². The van der Waals surface area contributed by atoms with E-state index in [1.807, 2.05) is 26.0 Å². The molecule has 2 aromatic rings. The summed E-state index contributed by atoms with van der Waals surface area (Å²) < 4.78 is 31.8. The number of anilines is 1. The molecule has 0 fully saturated rings. The number of aromatic amines is 1. The fourth-order valence-corrected chi connectivity index (χ4v) is 2.94. The second kappa shape index (κ2) is 6.18. The molecule has 2 rings (SSSR count). The number of aromatic nitrogens is 2. The van der Waals surface area contributed by atoms with Crippen molar-refractivity contribution in [3.63, 3.8) is 0 Å². The van der Waals surface area contributed by atoms with Crippen LogP contribution < -0.4 is 4.72 Å². The Bertz CT molecular complexity index is 796. The first-order valence-electron chi connectivity index (χ1n) is 6.66. The van der Waals surface area contributed by atoms with Crippen LogP contribution in [0.1, 0.15) is 28.5 Å². The van der Waals surface area contributed by atoms with Gasteiger partial charge in [-0.25, -0.2) is 4.79 Å². The Morgan fingerprint density at radius 1 is 1.32 bits per heavy atom. The number of aryl methyl sites for hydroxylation is 2. The molecule has 0 saturated carbocycles. The van der Waals surface area contributed by atoms with Gasteiger partial charge in [0.25, 0.3) is 10.0 Å². The Balaban J connectivity index is 2.25. The molecule has 0 bridgehead atoms. The first-order valence-corrected chi connectivity index (χ1v) is 8.14. The van der Waals surface area contributed by atoms with Crippen LogP contribution in [0.2, 0.25) is 0 Å². The molecule has 2 N–H and O–H groups in total. The third kappa shape index (κ3) is 3.45. The molecule has 1 heterocycles. The zero-order valence-corrected chi connectivity index (χ0v) is 13.3. The summed E-state index contributed by atoms with van der Waals surface area (Å²) in [4.78, 5) is 11.5. The molecule has 0 aliphatic heterocycles. The van der Waals surface area contributed by atoms with Crippen LogP contribution in [0, 0.1) is 13.8 Å². The molecular formula is C14H17N3O4S. The summed E-state index contributed by atoms with van der Waals surface area (Å²) in [6.07, 6.45) is 0. The van der Waals surface area contributed by atoms with E-state index in [1.54, 1.807) is 13.0 Å². The molecule has 1 aromatic heterocycles. The van der Waals surface area contributed by atoms with Gasteiger partial charge in [-0.1, -0.05) is 17.7 Å². The third-order valence-electron chi connectivity index (χ3n) is 2.95. The first-order chi connectivity index (χ1) is 10.3. The van der Waals surface area contributed by atoms with Gasteiger partial charge in [-0.2, -0.15) is 13.5 Å². The Morgan fingerprint density at radius 2 is 2.05 bits per heavy atom. The summed E-state index contributed by atoms with van der Waals surface area (Å²) in [6, 6.07) is 6.51. The third-order valence-corrected chi connectivity index (χ3v) is 4.23. The average molecular weight is 323 g/mol. The van der Waals surface area contributed by atoms with Crippen molar-refractivity contribution < 1.29 is 17.9 Å². The maximum absolute atomic E-state index is 12.3. The number of rotatable bonds is 5. The highest BCUT2D eigenvalue weighted by atomic mass is 32.2. The van der Waals surface area contributed by atoms with Crippen molar-refractivity contribution >= 4 is 21.7 Å². The minimum absolute atomic E-state index is 0.0807. The van der Waals surface area contributed by atoms with E-state index in [9.17, 15) is 13.2 Å². The van der Waals surface area contributed by atoms with Crippen LogP contribution in [0.15, 0.2) is 29.3 Å². The van der Waals surface area contributed by atoms with Crippen molar-refractivity contribution in [2.75, 3.05) is 11.3 Å². The van der Waals surface area contributed by atoms with E-state index in [0.717, 1.165) is 17.2 Å². The zero-order valence-electron chi connectivity index (χ0n) is 12.5. The lowest BCUT2D eigenvalue weighted by molar-refractivity contribution is 0.0519. The summed E-state index contributed by atoms with van der Waals surface area (Å²) in [5.41, 5.74) is 2.22. The molecule has 0 atom stereocenters. The van der Waals surface area contributed by atoms with Gasteiger partial charge >= 0.3 is 5.97 Å². The van der Waals surface area contributed by atoms with E-state index in [0.29, 0.717) is 5.69 Å². The van der Waals surface area contributed by atoms with Gasteiger partial charge < -0.3 is 4.74 Å². The summed E-state index contributed by atoms with van der Waals surface area (Å²) in [5.74, 6) is -0.674. The SMILES string of the molecule is CCOC(=O)c1cc(S(=O)(=O)Nc2ccc(C)cc2C)[nH]n1. The fraction of sp³-hybridized carbons (Fsp3) is 0.286. The fourth-order valence-electron chi connectivity index (χ4n) is 1.88. The van der Waals surface area contributed by atoms with Crippen LogP contribution in [-0.4, -0.2) is 31.2 Å². The molecule has 0 aliphatic rings. The Labute approximate surface area is 128 Å². The number of benzene rings is 1. The summed E-state index contributed by atoms with van der Waals surface area (Å²) in [5, 5.41) is 5.80. The van der Waals surface area contributed by atoms with Gasteiger partial charge in [-0.15, -0.1) is 0 Å². The summed E-state index contributed by atoms with van der Waals surface area (Å²) >= 11 is 0.